The second-order valence-corrected chi connectivity index (χ2v) is 4.24. The van der Waals surface area contributed by atoms with Crippen LogP contribution in [0.25, 0.3) is 0 Å². The molecule has 0 radical (unpaired) electrons. The quantitative estimate of drug-likeness (QED) is 0.916. The Kier molecular flexibility index (Phi) is 5.47. The smallest absolute Gasteiger partial charge is 0.408 e. The number of hydrogen-bond acceptors (Lipinski definition) is 4. The largest absolute Gasteiger partial charge is 0.478 e. The van der Waals surface area contributed by atoms with E-state index in [1.807, 2.05) is 0 Å². The van der Waals surface area contributed by atoms with Gasteiger partial charge in [-0.1, -0.05) is 0 Å². The number of hydrogen-bond donors (Lipinski definition) is 1. The Balaban J connectivity index is 0.00000220. The predicted molar refractivity (Wildman–Crippen MR) is 72.6 cm³/mol. The minimum Gasteiger partial charge on any atom is -0.478 e. The van der Waals surface area contributed by atoms with Gasteiger partial charge in [-0.15, -0.1) is 17.5 Å². The summed E-state index contributed by atoms with van der Waals surface area (Å²) in [5, 5.41) is 10.8. The maximum Gasteiger partial charge on any atom is 0.408 e. The van der Waals surface area contributed by atoms with Crippen LogP contribution in [0, 0.1) is 0 Å². The highest BCUT2D eigenvalue weighted by atomic mass is 35.5. The summed E-state index contributed by atoms with van der Waals surface area (Å²) in [7, 11) is 3.24. The third-order valence-corrected chi connectivity index (χ3v) is 2.50. The van der Waals surface area contributed by atoms with E-state index < -0.39 is 12.7 Å². The van der Waals surface area contributed by atoms with Gasteiger partial charge >= 0.3 is 6.18 Å². The molecule has 10 heteroatoms. The lowest BCUT2D eigenvalue weighted by molar-refractivity contribution is -0.142. The fraction of sp³-hybridized carbons (Fsp3) is 0.455. The van der Waals surface area contributed by atoms with Crippen LogP contribution >= 0.6 is 12.4 Å². The van der Waals surface area contributed by atoms with Gasteiger partial charge in [-0.2, -0.15) is 18.3 Å². The van der Waals surface area contributed by atoms with Crippen LogP contribution in [0.5, 0.6) is 5.88 Å². The summed E-state index contributed by atoms with van der Waals surface area (Å²) in [6.07, 6.45) is 0.188. The average Bonchev–Trinajstić information content (AvgIpc) is 2.91. The Morgan fingerprint density at radius 2 is 2.05 bits per heavy atom. The normalized spacial score (nSPS) is 11.1. The molecular weight excluding hydrogens is 311 g/mol. The van der Waals surface area contributed by atoms with Gasteiger partial charge in [0.2, 0.25) is 0 Å². The van der Waals surface area contributed by atoms with Crippen molar-refractivity contribution in [3.8, 4) is 5.88 Å². The Morgan fingerprint density at radius 3 is 2.67 bits per heavy atom. The monoisotopic (exact) mass is 325 g/mol. The number of aromatic nitrogens is 4. The lowest BCUT2D eigenvalue weighted by Crippen LogP contribution is -2.17. The topological polar surface area (TPSA) is 56.9 Å². The van der Waals surface area contributed by atoms with Crippen LogP contribution < -0.4 is 10.1 Å². The first-order valence-electron chi connectivity index (χ1n) is 5.77. The third-order valence-electron chi connectivity index (χ3n) is 2.50. The molecule has 0 amide bonds. The van der Waals surface area contributed by atoms with E-state index in [0.717, 1.165) is 4.68 Å². The maximum atomic E-state index is 12.2. The first-order chi connectivity index (χ1) is 9.37. The predicted octanol–water partition coefficient (Wildman–Crippen LogP) is 2.22. The van der Waals surface area contributed by atoms with Gasteiger partial charge < -0.3 is 10.1 Å². The highest BCUT2D eigenvalue weighted by Crippen LogP contribution is 2.22. The van der Waals surface area contributed by atoms with Gasteiger partial charge in [0.1, 0.15) is 12.2 Å². The van der Waals surface area contributed by atoms with Crippen molar-refractivity contribution >= 4 is 18.1 Å². The Hall–Kier alpha value is -1.90. The maximum absolute atomic E-state index is 12.2. The molecule has 0 aliphatic carbocycles. The average molecular weight is 326 g/mol. The van der Waals surface area contributed by atoms with Crippen molar-refractivity contribution in [3.05, 3.63) is 24.2 Å². The molecule has 0 saturated carbocycles. The van der Waals surface area contributed by atoms with Crippen LogP contribution in [0.3, 0.4) is 0 Å². The van der Waals surface area contributed by atoms with Gasteiger partial charge in [0.25, 0.3) is 5.88 Å². The van der Waals surface area contributed by atoms with Gasteiger partial charge in [0.05, 0.1) is 19.5 Å². The minimum absolute atomic E-state index is 0. The van der Waals surface area contributed by atoms with Crippen molar-refractivity contribution in [1.82, 2.24) is 19.6 Å². The lowest BCUT2D eigenvalue weighted by atomic mass is 10.3. The van der Waals surface area contributed by atoms with Gasteiger partial charge in [-0.05, 0) is 0 Å². The van der Waals surface area contributed by atoms with Crippen molar-refractivity contribution in [3.63, 3.8) is 0 Å². The lowest BCUT2D eigenvalue weighted by Gasteiger charge is -2.05. The van der Waals surface area contributed by atoms with E-state index in [-0.39, 0.29) is 12.4 Å². The summed E-state index contributed by atoms with van der Waals surface area (Å²) in [6.45, 7) is -0.761. The molecular formula is C11H15ClF3N5O. The zero-order valence-electron chi connectivity index (χ0n) is 11.4. The molecule has 0 aromatic carbocycles. The number of nitrogens with zero attached hydrogens (tertiary/aromatic N) is 4. The molecule has 6 nitrogen and oxygen atoms in total. The minimum atomic E-state index is -4.27. The molecule has 0 bridgehead atoms. The van der Waals surface area contributed by atoms with Crippen LogP contribution in [0.15, 0.2) is 18.6 Å². The summed E-state index contributed by atoms with van der Waals surface area (Å²) >= 11 is 0. The summed E-state index contributed by atoms with van der Waals surface area (Å²) in [5.41, 5.74) is 1.30. The fourth-order valence-electron chi connectivity index (χ4n) is 1.71. The molecule has 21 heavy (non-hydrogen) atoms. The second kappa shape index (κ2) is 6.70. The first-order valence-corrected chi connectivity index (χ1v) is 5.77. The number of halogens is 4. The van der Waals surface area contributed by atoms with Crippen molar-refractivity contribution in [2.75, 3.05) is 12.4 Å². The van der Waals surface area contributed by atoms with Crippen LogP contribution in [-0.4, -0.2) is 32.8 Å². The van der Waals surface area contributed by atoms with E-state index in [0.29, 0.717) is 23.7 Å². The Labute approximate surface area is 125 Å². The standard InChI is InChI=1S/C11H14F3N5O.ClH/c1-18-6-9(10(17-18)20-2)15-3-8-4-16-19(5-8)7-11(12,13)14;/h4-6,15H,3,7H2,1-2H3;1H. The van der Waals surface area contributed by atoms with E-state index in [2.05, 4.69) is 15.5 Å². The van der Waals surface area contributed by atoms with Crippen LogP contribution in [-0.2, 0) is 20.1 Å². The van der Waals surface area contributed by atoms with Crippen molar-refractivity contribution in [2.45, 2.75) is 19.3 Å². The zero-order valence-corrected chi connectivity index (χ0v) is 12.2. The number of methoxy groups -OCH3 is 1. The summed E-state index contributed by atoms with van der Waals surface area (Å²) in [5.74, 6) is 0.426. The fourth-order valence-corrected chi connectivity index (χ4v) is 1.71. The van der Waals surface area contributed by atoms with Gasteiger partial charge in [0, 0.05) is 25.4 Å². The summed E-state index contributed by atoms with van der Waals surface area (Å²) in [4.78, 5) is 0. The van der Waals surface area contributed by atoms with E-state index in [1.54, 1.807) is 17.9 Å². The van der Waals surface area contributed by atoms with Crippen LogP contribution in [0.1, 0.15) is 5.56 Å². The molecule has 118 valence electrons. The Bertz CT molecular complexity index is 581. The van der Waals surface area contributed by atoms with Gasteiger partial charge in [-0.3, -0.25) is 9.36 Å². The molecule has 0 aliphatic rings. The molecule has 0 fully saturated rings. The zero-order chi connectivity index (χ0) is 14.8. The van der Waals surface area contributed by atoms with Crippen molar-refractivity contribution < 1.29 is 17.9 Å². The number of anilines is 1. The molecule has 0 unspecified atom stereocenters. The van der Waals surface area contributed by atoms with E-state index >= 15 is 0 Å². The molecule has 0 aliphatic heterocycles. The molecule has 1 N–H and O–H groups in total. The van der Waals surface area contributed by atoms with E-state index in [9.17, 15) is 13.2 Å². The van der Waals surface area contributed by atoms with Gasteiger partial charge in [-0.25, -0.2) is 0 Å². The summed E-state index contributed by atoms with van der Waals surface area (Å²) in [6, 6.07) is 0. The number of ether oxygens (including phenoxy) is 1. The van der Waals surface area contributed by atoms with E-state index in [4.69, 9.17) is 4.74 Å². The summed E-state index contributed by atoms with van der Waals surface area (Å²) < 4.78 is 44.1. The van der Waals surface area contributed by atoms with E-state index in [1.165, 1.54) is 19.5 Å². The van der Waals surface area contributed by atoms with Gasteiger partial charge in [0.15, 0.2) is 0 Å². The number of rotatable bonds is 5. The Morgan fingerprint density at radius 1 is 1.33 bits per heavy atom. The number of alkyl halides is 3. The highest BCUT2D eigenvalue weighted by Gasteiger charge is 2.28. The molecule has 0 saturated heterocycles. The SMILES string of the molecule is COc1nn(C)cc1NCc1cnn(CC(F)(F)F)c1.Cl. The highest BCUT2D eigenvalue weighted by molar-refractivity contribution is 5.85. The van der Waals surface area contributed by atoms with Crippen molar-refractivity contribution in [2.24, 2.45) is 7.05 Å². The molecule has 2 rings (SSSR count). The molecule has 2 heterocycles. The molecule has 2 aromatic rings. The second-order valence-electron chi connectivity index (χ2n) is 4.24. The van der Waals surface area contributed by atoms with Crippen molar-refractivity contribution in [1.29, 1.82) is 0 Å². The van der Waals surface area contributed by atoms with Crippen LogP contribution in [0.2, 0.25) is 0 Å². The number of aryl methyl sites for hydroxylation is 1. The molecule has 0 atom stereocenters. The molecule has 2 aromatic heterocycles. The molecule has 0 spiro atoms. The third kappa shape index (κ3) is 4.85. The first kappa shape index (κ1) is 17.2. The van der Waals surface area contributed by atoms with Crippen LogP contribution in [0.4, 0.5) is 18.9 Å². The number of nitrogens with one attached hydrogen (secondary N) is 1.